The molecule has 3 rings (SSSR count). The molecule has 27 heavy (non-hydrogen) atoms. The van der Waals surface area contributed by atoms with Gasteiger partial charge in [-0.15, -0.1) is 0 Å². The van der Waals surface area contributed by atoms with E-state index in [2.05, 4.69) is 51.0 Å². The van der Waals surface area contributed by atoms with Crippen LogP contribution in [-0.2, 0) is 0 Å². The number of hydrogen-bond donors (Lipinski definition) is 0. The third kappa shape index (κ3) is 4.76. The molecule has 1 aliphatic heterocycles. The Kier molecular flexibility index (Phi) is 6.27. The number of piperazine rings is 1. The number of benzene rings is 1. The summed E-state index contributed by atoms with van der Waals surface area (Å²) in [7, 11) is 1.84. The van der Waals surface area contributed by atoms with Gasteiger partial charge < -0.3 is 14.7 Å². The van der Waals surface area contributed by atoms with Gasteiger partial charge in [0.1, 0.15) is 5.69 Å². The number of nitrogens with zero attached hydrogens (tertiary/aromatic N) is 5. The fourth-order valence-corrected chi connectivity index (χ4v) is 3.30. The summed E-state index contributed by atoms with van der Waals surface area (Å²) in [6.07, 6.45) is 2.07. The van der Waals surface area contributed by atoms with Crippen molar-refractivity contribution in [2.75, 3.05) is 49.6 Å². The topological polar surface area (TPSA) is 52.6 Å². The molecule has 6 nitrogen and oxygen atoms in total. The van der Waals surface area contributed by atoms with Crippen molar-refractivity contribution in [3.63, 3.8) is 0 Å². The first-order chi connectivity index (χ1) is 13.1. The maximum absolute atomic E-state index is 12.7. The van der Waals surface area contributed by atoms with Crippen LogP contribution in [0.4, 0.5) is 11.6 Å². The van der Waals surface area contributed by atoms with E-state index in [-0.39, 0.29) is 5.91 Å². The number of aryl methyl sites for hydroxylation is 1. The van der Waals surface area contributed by atoms with E-state index >= 15 is 0 Å². The molecule has 0 atom stereocenters. The maximum atomic E-state index is 12.7. The van der Waals surface area contributed by atoms with Gasteiger partial charge in [0.05, 0.1) is 0 Å². The van der Waals surface area contributed by atoms with E-state index in [4.69, 9.17) is 0 Å². The molecule has 6 heteroatoms. The van der Waals surface area contributed by atoms with Crippen molar-refractivity contribution in [2.45, 2.75) is 26.7 Å². The number of anilines is 2. The van der Waals surface area contributed by atoms with Crippen LogP contribution in [0.25, 0.3) is 0 Å². The van der Waals surface area contributed by atoms with Crippen LogP contribution in [0.2, 0.25) is 0 Å². The average Bonchev–Trinajstić information content (AvgIpc) is 2.71. The van der Waals surface area contributed by atoms with E-state index in [1.165, 1.54) is 5.69 Å². The molecule has 0 radical (unpaired) electrons. The Hall–Kier alpha value is -2.63. The molecule has 1 aromatic carbocycles. The highest BCUT2D eigenvalue weighted by Crippen LogP contribution is 2.19. The van der Waals surface area contributed by atoms with E-state index in [0.29, 0.717) is 11.6 Å². The zero-order valence-corrected chi connectivity index (χ0v) is 16.6. The van der Waals surface area contributed by atoms with Gasteiger partial charge in [0, 0.05) is 51.2 Å². The molecule has 0 aliphatic carbocycles. The second-order valence-corrected chi connectivity index (χ2v) is 7.08. The van der Waals surface area contributed by atoms with Crippen molar-refractivity contribution in [1.29, 1.82) is 0 Å². The second-order valence-electron chi connectivity index (χ2n) is 7.08. The van der Waals surface area contributed by atoms with Crippen molar-refractivity contribution < 1.29 is 4.79 Å². The lowest BCUT2D eigenvalue weighted by Gasteiger charge is -2.36. The van der Waals surface area contributed by atoms with E-state index in [0.717, 1.165) is 51.3 Å². The standard InChI is InChI=1S/C21H29N5O/c1-4-5-11-24(3)20(27)19-16-17(2)22-21(23-19)26-14-12-25(13-15-26)18-9-7-6-8-10-18/h6-10,16H,4-5,11-15H2,1-3H3. The summed E-state index contributed by atoms with van der Waals surface area (Å²) in [5, 5.41) is 0. The van der Waals surface area contributed by atoms with E-state index in [1.54, 1.807) is 11.0 Å². The van der Waals surface area contributed by atoms with Gasteiger partial charge in [-0.2, -0.15) is 0 Å². The highest BCUT2D eigenvalue weighted by molar-refractivity contribution is 5.92. The Bertz CT molecular complexity index is 756. The third-order valence-electron chi connectivity index (χ3n) is 4.94. The van der Waals surface area contributed by atoms with Gasteiger partial charge in [-0.25, -0.2) is 9.97 Å². The summed E-state index contributed by atoms with van der Waals surface area (Å²) in [4.78, 5) is 28.2. The summed E-state index contributed by atoms with van der Waals surface area (Å²) in [6, 6.07) is 12.2. The first-order valence-corrected chi connectivity index (χ1v) is 9.74. The largest absolute Gasteiger partial charge is 0.368 e. The lowest BCUT2D eigenvalue weighted by molar-refractivity contribution is 0.0787. The van der Waals surface area contributed by atoms with E-state index in [9.17, 15) is 4.79 Å². The molecule has 1 saturated heterocycles. The number of aromatic nitrogens is 2. The Morgan fingerprint density at radius 1 is 1.07 bits per heavy atom. The molecule has 0 saturated carbocycles. The van der Waals surface area contributed by atoms with E-state index < -0.39 is 0 Å². The number of rotatable bonds is 6. The Balaban J connectivity index is 1.69. The van der Waals surface area contributed by atoms with Crippen molar-refractivity contribution in [3.05, 3.63) is 47.8 Å². The molecule has 144 valence electrons. The van der Waals surface area contributed by atoms with Crippen molar-refractivity contribution in [1.82, 2.24) is 14.9 Å². The zero-order valence-electron chi connectivity index (χ0n) is 16.6. The number of unbranched alkanes of at least 4 members (excludes halogenated alkanes) is 1. The molecule has 1 fully saturated rings. The molecular formula is C21H29N5O. The monoisotopic (exact) mass is 367 g/mol. The van der Waals surface area contributed by atoms with E-state index in [1.807, 2.05) is 20.0 Å². The zero-order chi connectivity index (χ0) is 19.2. The minimum atomic E-state index is -0.0295. The maximum Gasteiger partial charge on any atom is 0.272 e. The SMILES string of the molecule is CCCCN(C)C(=O)c1cc(C)nc(N2CCN(c3ccccc3)CC2)n1. The molecule has 0 spiro atoms. The fraction of sp³-hybridized carbons (Fsp3) is 0.476. The molecule has 1 amide bonds. The van der Waals surface area contributed by atoms with Gasteiger partial charge in [-0.05, 0) is 31.5 Å². The van der Waals surface area contributed by atoms with Crippen LogP contribution in [0, 0.1) is 6.92 Å². The molecule has 2 aromatic rings. The normalized spacial score (nSPS) is 14.3. The molecule has 2 heterocycles. The lowest BCUT2D eigenvalue weighted by Crippen LogP contribution is -2.47. The summed E-state index contributed by atoms with van der Waals surface area (Å²) in [5.41, 5.74) is 2.56. The molecule has 1 aromatic heterocycles. The first kappa shape index (κ1) is 19.1. The van der Waals surface area contributed by atoms with Gasteiger partial charge in [-0.3, -0.25) is 4.79 Å². The number of para-hydroxylation sites is 1. The fourth-order valence-electron chi connectivity index (χ4n) is 3.30. The van der Waals surface area contributed by atoms with Crippen molar-refractivity contribution in [2.24, 2.45) is 0 Å². The Labute approximate surface area is 161 Å². The van der Waals surface area contributed by atoms with Crippen LogP contribution < -0.4 is 9.80 Å². The molecule has 0 unspecified atom stereocenters. The second kappa shape index (κ2) is 8.84. The van der Waals surface area contributed by atoms with Crippen molar-refractivity contribution >= 4 is 17.5 Å². The minimum absolute atomic E-state index is 0.0295. The smallest absolute Gasteiger partial charge is 0.272 e. The van der Waals surface area contributed by atoms with Crippen LogP contribution in [0.1, 0.15) is 35.9 Å². The molecule has 0 N–H and O–H groups in total. The average molecular weight is 367 g/mol. The van der Waals surface area contributed by atoms with Gasteiger partial charge >= 0.3 is 0 Å². The van der Waals surface area contributed by atoms with Gasteiger partial charge in [-0.1, -0.05) is 31.5 Å². The van der Waals surface area contributed by atoms with Gasteiger partial charge in [0.2, 0.25) is 5.95 Å². The van der Waals surface area contributed by atoms with Crippen molar-refractivity contribution in [3.8, 4) is 0 Å². The molecular weight excluding hydrogens is 338 g/mol. The van der Waals surface area contributed by atoms with Crippen LogP contribution in [0.3, 0.4) is 0 Å². The minimum Gasteiger partial charge on any atom is -0.368 e. The lowest BCUT2D eigenvalue weighted by atomic mass is 10.2. The summed E-state index contributed by atoms with van der Waals surface area (Å²) in [5.74, 6) is 0.632. The number of amides is 1. The number of carbonyl (C=O) groups is 1. The number of hydrogen-bond acceptors (Lipinski definition) is 5. The summed E-state index contributed by atoms with van der Waals surface area (Å²) in [6.45, 7) is 8.33. The number of carbonyl (C=O) groups excluding carboxylic acids is 1. The predicted molar refractivity (Wildman–Crippen MR) is 110 cm³/mol. The molecule has 1 aliphatic rings. The van der Waals surface area contributed by atoms with Gasteiger partial charge in [0.25, 0.3) is 5.91 Å². The van der Waals surface area contributed by atoms with Crippen LogP contribution in [0.5, 0.6) is 0 Å². The first-order valence-electron chi connectivity index (χ1n) is 9.74. The van der Waals surface area contributed by atoms with Crippen LogP contribution in [-0.4, -0.2) is 60.5 Å². The third-order valence-corrected chi connectivity index (χ3v) is 4.94. The van der Waals surface area contributed by atoms with Crippen LogP contribution >= 0.6 is 0 Å². The Morgan fingerprint density at radius 3 is 2.41 bits per heavy atom. The van der Waals surface area contributed by atoms with Gasteiger partial charge in [0.15, 0.2) is 0 Å². The predicted octanol–water partition coefficient (Wildman–Crippen LogP) is 2.98. The summed E-state index contributed by atoms with van der Waals surface area (Å²) >= 11 is 0. The van der Waals surface area contributed by atoms with Crippen LogP contribution in [0.15, 0.2) is 36.4 Å². The highest BCUT2D eigenvalue weighted by atomic mass is 16.2. The highest BCUT2D eigenvalue weighted by Gasteiger charge is 2.22. The molecule has 0 bridgehead atoms. The summed E-state index contributed by atoms with van der Waals surface area (Å²) < 4.78 is 0. The quantitative estimate of drug-likeness (QED) is 0.786. The Morgan fingerprint density at radius 2 is 1.74 bits per heavy atom.